The van der Waals surface area contributed by atoms with Gasteiger partial charge in [0.25, 0.3) is 5.82 Å². The minimum atomic E-state index is 0.622. The molecule has 1 rings (SSSR count). The van der Waals surface area contributed by atoms with Crippen LogP contribution in [0, 0.1) is 0 Å². The first kappa shape index (κ1) is 35.2. The predicted molar refractivity (Wildman–Crippen MR) is 170 cm³/mol. The molecule has 2 nitrogen and oxygen atoms in total. The molecular formula is C36H71N2+. The molecule has 0 fully saturated rings. The van der Waals surface area contributed by atoms with Gasteiger partial charge in [-0.3, -0.25) is 0 Å². The van der Waals surface area contributed by atoms with Crippen LogP contribution in [-0.4, -0.2) is 4.98 Å². The maximum atomic E-state index is 3.69. The highest BCUT2D eigenvalue weighted by Gasteiger charge is 2.25. The third kappa shape index (κ3) is 18.5. The van der Waals surface area contributed by atoms with Crippen LogP contribution in [0.1, 0.15) is 219 Å². The molecule has 0 aliphatic carbocycles. The largest absolute Gasteiger partial charge is 0.257 e. The van der Waals surface area contributed by atoms with E-state index in [1.165, 1.54) is 179 Å². The molecule has 2 heteroatoms. The Morgan fingerprint density at radius 3 is 1.32 bits per heavy atom. The van der Waals surface area contributed by atoms with Gasteiger partial charge in [-0.2, -0.15) is 0 Å². The van der Waals surface area contributed by atoms with Gasteiger partial charge >= 0.3 is 0 Å². The van der Waals surface area contributed by atoms with Crippen LogP contribution in [0.3, 0.4) is 0 Å². The summed E-state index contributed by atoms with van der Waals surface area (Å²) in [4.78, 5) is 3.69. The molecule has 1 heterocycles. The summed E-state index contributed by atoms with van der Waals surface area (Å²) in [6, 6.07) is 0.622. The fourth-order valence-corrected chi connectivity index (χ4v) is 6.24. The number of aromatic amines is 1. The van der Waals surface area contributed by atoms with Crippen molar-refractivity contribution < 1.29 is 4.57 Å². The monoisotopic (exact) mass is 532 g/mol. The second kappa shape index (κ2) is 26.4. The summed E-state index contributed by atoms with van der Waals surface area (Å²) in [7, 11) is 0. The fraction of sp³-hybridized carbons (Fsp3) is 0.917. The zero-order valence-corrected chi connectivity index (χ0v) is 26.8. The van der Waals surface area contributed by atoms with E-state index in [1.807, 2.05) is 0 Å². The number of unbranched alkanes of at least 4 members (excludes halogenated alkanes) is 21. The van der Waals surface area contributed by atoms with E-state index in [2.05, 4.69) is 49.6 Å². The van der Waals surface area contributed by atoms with Crippen molar-refractivity contribution in [2.24, 2.45) is 0 Å². The van der Waals surface area contributed by atoms with Gasteiger partial charge in [0.1, 0.15) is 12.4 Å². The maximum Gasteiger partial charge on any atom is 0.257 e. The molecule has 0 aliphatic heterocycles. The van der Waals surface area contributed by atoms with Crippen LogP contribution in [0.25, 0.3) is 0 Å². The summed E-state index contributed by atoms with van der Waals surface area (Å²) in [5.74, 6) is 2.22. The summed E-state index contributed by atoms with van der Waals surface area (Å²) in [5.41, 5.74) is 0. The Bertz CT molecular complexity index is 592. The summed E-state index contributed by atoms with van der Waals surface area (Å²) < 4.78 is 2.60. The Balaban J connectivity index is 2.20. The Morgan fingerprint density at radius 2 is 0.868 bits per heavy atom. The molecular weight excluding hydrogens is 460 g/mol. The molecule has 38 heavy (non-hydrogen) atoms. The Kier molecular flexibility index (Phi) is 24.5. The normalized spacial score (nSPS) is 13.3. The van der Waals surface area contributed by atoms with Crippen LogP contribution in [0.4, 0.5) is 0 Å². The van der Waals surface area contributed by atoms with Crippen LogP contribution in [0.2, 0.25) is 0 Å². The van der Waals surface area contributed by atoms with Crippen LogP contribution in [0.5, 0.6) is 0 Å². The van der Waals surface area contributed by atoms with E-state index >= 15 is 0 Å². The number of hydrogen-bond donors (Lipinski definition) is 1. The average molecular weight is 532 g/mol. The molecule has 2 atom stereocenters. The molecule has 224 valence electrons. The average Bonchev–Trinajstić information content (AvgIpc) is 3.42. The molecule has 1 aromatic heterocycles. The second-order valence-electron chi connectivity index (χ2n) is 12.6. The maximum absolute atomic E-state index is 3.69. The van der Waals surface area contributed by atoms with Crippen molar-refractivity contribution in [3.8, 4) is 0 Å². The number of nitrogens with one attached hydrogen (secondary N) is 1. The Morgan fingerprint density at radius 1 is 0.500 bits per heavy atom. The topological polar surface area (TPSA) is 19.7 Å². The van der Waals surface area contributed by atoms with E-state index in [9.17, 15) is 0 Å². The first-order valence-electron chi connectivity index (χ1n) is 17.8. The lowest BCUT2D eigenvalue weighted by Crippen LogP contribution is -2.41. The summed E-state index contributed by atoms with van der Waals surface area (Å²) in [6.07, 6.45) is 42.8. The highest BCUT2D eigenvalue weighted by atomic mass is 15.1. The van der Waals surface area contributed by atoms with Gasteiger partial charge in [0.15, 0.2) is 0 Å². The van der Waals surface area contributed by atoms with E-state index in [-0.39, 0.29) is 0 Å². The summed E-state index contributed by atoms with van der Waals surface area (Å²) >= 11 is 0. The molecule has 0 radical (unpaired) electrons. The lowest BCUT2D eigenvalue weighted by atomic mass is 9.93. The predicted octanol–water partition coefficient (Wildman–Crippen LogP) is 12.5. The zero-order chi connectivity index (χ0) is 27.5. The second-order valence-corrected chi connectivity index (χ2v) is 12.6. The zero-order valence-electron chi connectivity index (χ0n) is 26.8. The lowest BCUT2D eigenvalue weighted by Gasteiger charge is -2.17. The molecule has 0 aromatic carbocycles. The van der Waals surface area contributed by atoms with Gasteiger partial charge < -0.3 is 0 Å². The molecule has 1 aromatic rings. The van der Waals surface area contributed by atoms with Crippen molar-refractivity contribution in [3.63, 3.8) is 0 Å². The molecule has 0 saturated heterocycles. The quantitative estimate of drug-likeness (QED) is 0.0783. The van der Waals surface area contributed by atoms with Crippen molar-refractivity contribution in [3.05, 3.63) is 18.2 Å². The highest BCUT2D eigenvalue weighted by molar-refractivity contribution is 4.90. The smallest absolute Gasteiger partial charge is 0.247 e. The van der Waals surface area contributed by atoms with Gasteiger partial charge in [0.2, 0.25) is 0 Å². The Hall–Kier alpha value is -0.790. The first-order valence-corrected chi connectivity index (χ1v) is 17.8. The van der Waals surface area contributed by atoms with Crippen molar-refractivity contribution in [1.82, 2.24) is 4.98 Å². The molecule has 0 amide bonds. The summed E-state index contributed by atoms with van der Waals surface area (Å²) in [5, 5.41) is 0. The standard InChI is InChI=1S/C36H70N2/c1-5-8-11-13-15-16-17-18-19-20-21-22-24-26-28-31-35(30-10-7-3)36-37-32-33-38(36)34(4)29-27-25-23-14-12-9-6-2/h32-35H,5-31H2,1-4H3/p+1. The van der Waals surface area contributed by atoms with Gasteiger partial charge in [-0.15, -0.1) is 0 Å². The van der Waals surface area contributed by atoms with Gasteiger partial charge in [0, 0.05) is 0 Å². The van der Waals surface area contributed by atoms with E-state index in [0.29, 0.717) is 12.0 Å². The number of rotatable bonds is 29. The van der Waals surface area contributed by atoms with Gasteiger partial charge in [-0.25, -0.2) is 9.55 Å². The minimum absolute atomic E-state index is 0.622. The first-order chi connectivity index (χ1) is 18.7. The van der Waals surface area contributed by atoms with E-state index in [4.69, 9.17) is 0 Å². The van der Waals surface area contributed by atoms with Crippen LogP contribution in [-0.2, 0) is 0 Å². The van der Waals surface area contributed by atoms with Crippen LogP contribution < -0.4 is 4.57 Å². The number of H-pyrrole nitrogens is 1. The van der Waals surface area contributed by atoms with Crippen molar-refractivity contribution in [2.75, 3.05) is 0 Å². The van der Waals surface area contributed by atoms with E-state index in [1.54, 1.807) is 0 Å². The molecule has 0 saturated carbocycles. The van der Waals surface area contributed by atoms with Crippen molar-refractivity contribution in [2.45, 2.75) is 213 Å². The number of imidazole rings is 1. The van der Waals surface area contributed by atoms with E-state index < -0.39 is 0 Å². The van der Waals surface area contributed by atoms with Gasteiger partial charge in [0.05, 0.1) is 12.0 Å². The van der Waals surface area contributed by atoms with Gasteiger partial charge in [-0.05, 0) is 32.6 Å². The number of nitrogens with zero attached hydrogens (tertiary/aromatic N) is 1. The van der Waals surface area contributed by atoms with Crippen molar-refractivity contribution >= 4 is 0 Å². The van der Waals surface area contributed by atoms with Crippen LogP contribution in [0.15, 0.2) is 12.4 Å². The number of hydrogen-bond acceptors (Lipinski definition) is 0. The molecule has 0 spiro atoms. The Labute approximate surface area is 240 Å². The van der Waals surface area contributed by atoms with E-state index in [0.717, 1.165) is 0 Å². The van der Waals surface area contributed by atoms with Crippen molar-refractivity contribution in [1.29, 1.82) is 0 Å². The molecule has 0 aliphatic rings. The lowest BCUT2D eigenvalue weighted by molar-refractivity contribution is -0.727. The minimum Gasteiger partial charge on any atom is -0.247 e. The van der Waals surface area contributed by atoms with Crippen LogP contribution >= 0.6 is 0 Å². The third-order valence-electron chi connectivity index (χ3n) is 8.89. The molecule has 1 N–H and O–H groups in total. The highest BCUT2D eigenvalue weighted by Crippen LogP contribution is 2.26. The third-order valence-corrected chi connectivity index (χ3v) is 8.89. The SMILES string of the molecule is CCCCCCCCCCCCCCCCCC(CCCC)c1[nH]cc[n+]1C(C)CCCCCCCCC. The number of aromatic nitrogens is 2. The summed E-state index contributed by atoms with van der Waals surface area (Å²) in [6.45, 7) is 9.40. The molecule has 2 unspecified atom stereocenters. The molecule has 0 bridgehead atoms. The fourth-order valence-electron chi connectivity index (χ4n) is 6.24. The van der Waals surface area contributed by atoms with Gasteiger partial charge in [-0.1, -0.05) is 168 Å².